The highest BCUT2D eigenvalue weighted by Crippen LogP contribution is 2.76. The predicted octanol–water partition coefficient (Wildman–Crippen LogP) is 0.295. The van der Waals surface area contributed by atoms with Crippen molar-refractivity contribution in [3.05, 3.63) is 11.6 Å². The first-order valence-corrected chi connectivity index (χ1v) is 28.0. The highest BCUT2D eigenvalue weighted by atomic mass is 16.8. The summed E-state index contributed by atoms with van der Waals surface area (Å²) in [6.45, 7) is 17.1. The van der Waals surface area contributed by atoms with Crippen LogP contribution in [-0.4, -0.2) is 210 Å². The van der Waals surface area contributed by atoms with Crippen molar-refractivity contribution < 1.29 is 113 Å². The number of carbonyl (C=O) groups excluding carboxylic acids is 2. The summed E-state index contributed by atoms with van der Waals surface area (Å²) in [5, 5.41) is 119. The minimum absolute atomic E-state index is 0.0699. The Morgan fingerprint density at radius 2 is 1.29 bits per heavy atom. The number of fused-ring (bicyclic) bond motifs is 7. The van der Waals surface area contributed by atoms with E-state index in [4.69, 9.17) is 42.6 Å². The molecular formula is C55H86O23. The maximum Gasteiger partial charge on any atom is 0.335 e. The van der Waals surface area contributed by atoms with Gasteiger partial charge in [0.1, 0.15) is 67.1 Å². The molecule has 8 fully saturated rings. The van der Waals surface area contributed by atoms with Crippen molar-refractivity contribution in [2.45, 2.75) is 249 Å². The largest absolute Gasteiger partial charge is 0.479 e. The third-order valence-electron chi connectivity index (χ3n) is 21.2. The quantitative estimate of drug-likeness (QED) is 0.0753. The molecule has 9 rings (SSSR count). The SMILES string of the molecule is CC(=O)O[C@@H]1[C@@H](O)[C@H](O[C@@H]2[C@H](OC(=O)[C@]34CCC(C)(C)C[C@H]3C3=CC[C@@H]5[C@@]6(C)CC[C@H](O[C@@H]7O[C@H](C(=O)O)[C@@H](O)[C@H](O[C@@H]8O[C@@H](C)[C@H](O)[C@@H](O)[C@H]8O)[C@H]7O)C(C)(C)[C@@H]6CC[C@@]5(C)[C@]3(C)CC4)O[C@H](CO)[C@@H](O)[C@@H]2O)OC[C@H]1O. The molecule has 11 N–H and O–H groups in total. The molecule has 0 unspecified atom stereocenters. The van der Waals surface area contributed by atoms with Crippen molar-refractivity contribution in [2.24, 2.45) is 50.2 Å². The van der Waals surface area contributed by atoms with E-state index in [2.05, 4.69) is 54.5 Å². The molecule has 4 aliphatic heterocycles. The normalized spacial score (nSPS) is 51.8. The van der Waals surface area contributed by atoms with Crippen LogP contribution in [0.5, 0.6) is 0 Å². The Morgan fingerprint density at radius 1 is 0.641 bits per heavy atom. The fourth-order valence-electron chi connectivity index (χ4n) is 16.5. The molecule has 0 bridgehead atoms. The zero-order chi connectivity index (χ0) is 57.1. The Labute approximate surface area is 454 Å². The van der Waals surface area contributed by atoms with Crippen molar-refractivity contribution in [3.63, 3.8) is 0 Å². The third kappa shape index (κ3) is 9.90. The number of hydrogen-bond acceptors (Lipinski definition) is 22. The first-order valence-electron chi connectivity index (χ1n) is 28.0. The van der Waals surface area contributed by atoms with Crippen molar-refractivity contribution in [2.75, 3.05) is 13.2 Å². The smallest absolute Gasteiger partial charge is 0.335 e. The van der Waals surface area contributed by atoms with Crippen LogP contribution in [0.3, 0.4) is 0 Å². The van der Waals surface area contributed by atoms with Gasteiger partial charge in [-0.15, -0.1) is 0 Å². The number of esters is 2. The summed E-state index contributed by atoms with van der Waals surface area (Å²) in [7, 11) is 0. The van der Waals surface area contributed by atoms with Gasteiger partial charge < -0.3 is 98.8 Å². The van der Waals surface area contributed by atoms with Gasteiger partial charge in [-0.2, -0.15) is 0 Å². The highest BCUT2D eigenvalue weighted by Gasteiger charge is 2.70. The van der Waals surface area contributed by atoms with E-state index < -0.39 is 165 Å². The van der Waals surface area contributed by atoms with Crippen LogP contribution in [0, 0.1) is 50.2 Å². The number of aliphatic hydroxyl groups is 10. The monoisotopic (exact) mass is 1110 g/mol. The van der Waals surface area contributed by atoms with E-state index in [1.54, 1.807) is 0 Å². The van der Waals surface area contributed by atoms with E-state index in [9.17, 15) is 65.8 Å². The van der Waals surface area contributed by atoms with Gasteiger partial charge in [0.05, 0.1) is 30.8 Å². The van der Waals surface area contributed by atoms with Gasteiger partial charge >= 0.3 is 17.9 Å². The Morgan fingerprint density at radius 3 is 1.96 bits per heavy atom. The van der Waals surface area contributed by atoms with Crippen LogP contribution >= 0.6 is 0 Å². The molecule has 23 heteroatoms. The van der Waals surface area contributed by atoms with Crippen LogP contribution in [0.25, 0.3) is 0 Å². The molecule has 78 heavy (non-hydrogen) atoms. The van der Waals surface area contributed by atoms with E-state index in [1.165, 1.54) is 12.5 Å². The van der Waals surface area contributed by atoms with Gasteiger partial charge in [0.15, 0.2) is 37.2 Å². The molecule has 444 valence electrons. The van der Waals surface area contributed by atoms with E-state index in [1.807, 2.05) is 0 Å². The van der Waals surface area contributed by atoms with Crippen molar-refractivity contribution in [1.29, 1.82) is 0 Å². The minimum atomic E-state index is -1.94. The summed E-state index contributed by atoms with van der Waals surface area (Å²) in [4.78, 5) is 39.7. The number of aliphatic hydroxyl groups excluding tert-OH is 10. The lowest BCUT2D eigenvalue weighted by atomic mass is 9.33. The Balaban J connectivity index is 0.952. The van der Waals surface area contributed by atoms with Crippen LogP contribution in [0.15, 0.2) is 11.6 Å². The third-order valence-corrected chi connectivity index (χ3v) is 21.2. The molecule has 0 amide bonds. The van der Waals surface area contributed by atoms with E-state index >= 15 is 4.79 Å². The molecule has 0 aromatic carbocycles. The number of carboxylic acids is 1. The molecule has 9 aliphatic rings. The molecule has 0 aromatic rings. The van der Waals surface area contributed by atoms with E-state index in [0.29, 0.717) is 44.9 Å². The van der Waals surface area contributed by atoms with Crippen molar-refractivity contribution >= 4 is 17.9 Å². The maximum atomic E-state index is 15.3. The number of aliphatic carboxylic acids is 1. The molecule has 27 atom stereocenters. The van der Waals surface area contributed by atoms with Gasteiger partial charge in [-0.3, -0.25) is 9.59 Å². The summed E-state index contributed by atoms with van der Waals surface area (Å²) in [5.74, 6) is -2.95. The Kier molecular flexibility index (Phi) is 16.6. The zero-order valence-electron chi connectivity index (χ0n) is 46.2. The van der Waals surface area contributed by atoms with E-state index in [0.717, 1.165) is 26.2 Å². The number of allylic oxidation sites excluding steroid dienone is 2. The van der Waals surface area contributed by atoms with Crippen LogP contribution in [-0.2, 0) is 57.0 Å². The van der Waals surface area contributed by atoms with Gasteiger partial charge in [0.2, 0.25) is 6.29 Å². The molecule has 4 saturated heterocycles. The molecule has 4 heterocycles. The standard InChI is InChI=1S/C55H86O23/c1-23-32(59)34(61)36(63)46(71-23)75-41-37(64)42(44(67)68)76-47(39(41)66)74-31-13-14-52(7)29(51(31,5)6)12-15-54(9)30(52)11-10-25-26-20-50(3,4)16-18-55(26,19-17-53(25,54)8)49(69)78-48-43(35(62)33(60)28(21-56)73-48)77-45-38(65)40(72-24(2)57)27(58)22-70-45/h10,23,26-43,45-48,56,58-66H,11-22H2,1-9H3,(H,67,68)/t23-,26-,27+,28+,29-,30+,31-,32-,33+,34+,35-,36+,37-,38+,39+,40-,41-,42-,43-,45-,46-,47+,48-,52-,53+,54+,55-/m0/s1. The maximum absolute atomic E-state index is 15.3. The van der Waals surface area contributed by atoms with Gasteiger partial charge in [0, 0.05) is 6.92 Å². The number of carboxylic acid groups (broad SMARTS) is 1. The molecule has 0 spiro atoms. The molecule has 0 aromatic heterocycles. The second-order valence-corrected chi connectivity index (χ2v) is 26.4. The van der Waals surface area contributed by atoms with Crippen molar-refractivity contribution in [3.8, 4) is 0 Å². The molecule has 23 nitrogen and oxygen atoms in total. The summed E-state index contributed by atoms with van der Waals surface area (Å²) in [6, 6.07) is 0. The highest BCUT2D eigenvalue weighted by molar-refractivity contribution is 5.79. The lowest BCUT2D eigenvalue weighted by Crippen LogP contribution is -2.67. The van der Waals surface area contributed by atoms with Crippen LogP contribution in [0.1, 0.15) is 127 Å². The number of hydrogen-bond donors (Lipinski definition) is 11. The van der Waals surface area contributed by atoms with Gasteiger partial charge in [0.25, 0.3) is 0 Å². The van der Waals surface area contributed by atoms with Gasteiger partial charge in [-0.1, -0.05) is 60.1 Å². The lowest BCUT2D eigenvalue weighted by molar-refractivity contribution is -0.363. The predicted molar refractivity (Wildman–Crippen MR) is 265 cm³/mol. The second-order valence-electron chi connectivity index (χ2n) is 26.4. The molecule has 5 aliphatic carbocycles. The number of carbonyl (C=O) groups is 3. The Bertz CT molecular complexity index is 2250. The Hall–Kier alpha value is -2.53. The summed E-state index contributed by atoms with van der Waals surface area (Å²) < 4.78 is 52.9. The molecular weight excluding hydrogens is 1030 g/mol. The second kappa shape index (κ2) is 21.6. The number of ether oxygens (including phenoxy) is 9. The van der Waals surface area contributed by atoms with Gasteiger partial charge in [-0.05, 0) is 116 Å². The summed E-state index contributed by atoms with van der Waals surface area (Å²) in [5.41, 5.74) is -1.46. The average molecular weight is 1120 g/mol. The van der Waals surface area contributed by atoms with Crippen LogP contribution in [0.4, 0.5) is 0 Å². The lowest BCUT2D eigenvalue weighted by Gasteiger charge is -2.71. The topological polar surface area (TPSA) is 357 Å². The zero-order valence-corrected chi connectivity index (χ0v) is 46.2. The van der Waals surface area contributed by atoms with Crippen LogP contribution < -0.4 is 0 Å². The first kappa shape index (κ1) is 60.1. The molecule has 0 radical (unpaired) electrons. The molecule has 4 saturated carbocycles. The first-order chi connectivity index (χ1) is 36.4. The fourth-order valence-corrected chi connectivity index (χ4v) is 16.5. The fraction of sp³-hybridized carbons (Fsp3) is 0.909. The van der Waals surface area contributed by atoms with E-state index in [-0.39, 0.29) is 39.4 Å². The van der Waals surface area contributed by atoms with Gasteiger partial charge in [-0.25, -0.2) is 4.79 Å². The van der Waals surface area contributed by atoms with Crippen LogP contribution in [0.2, 0.25) is 0 Å². The number of rotatable bonds is 11. The van der Waals surface area contributed by atoms with Crippen molar-refractivity contribution in [1.82, 2.24) is 0 Å². The average Bonchev–Trinajstić information content (AvgIpc) is 1.93. The minimum Gasteiger partial charge on any atom is -0.479 e. The summed E-state index contributed by atoms with van der Waals surface area (Å²) >= 11 is 0. The summed E-state index contributed by atoms with van der Waals surface area (Å²) in [6.07, 6.45) is -22.7.